The average molecular weight is 253 g/mol. The molecule has 0 saturated heterocycles. The largest absolute Gasteiger partial charge is 0.289 e. The molecule has 0 bridgehead atoms. The summed E-state index contributed by atoms with van der Waals surface area (Å²) in [5.41, 5.74) is 1.24. The highest BCUT2D eigenvalue weighted by Gasteiger charge is 2.20. The van der Waals surface area contributed by atoms with Crippen molar-refractivity contribution < 1.29 is 4.79 Å². The van der Waals surface area contributed by atoms with Crippen molar-refractivity contribution in [3.8, 4) is 0 Å². The van der Waals surface area contributed by atoms with E-state index in [4.69, 9.17) is 23.2 Å². The van der Waals surface area contributed by atoms with E-state index in [0.717, 1.165) is 0 Å². The summed E-state index contributed by atoms with van der Waals surface area (Å²) < 4.78 is 0. The minimum absolute atomic E-state index is 0.0411. The topological polar surface area (TPSA) is 17.1 Å². The molecule has 3 heteroatoms. The van der Waals surface area contributed by atoms with Gasteiger partial charge in [-0.2, -0.15) is 0 Å². The summed E-state index contributed by atoms with van der Waals surface area (Å²) in [6.45, 7) is 0. The maximum Gasteiger partial charge on any atom is 0.190 e. The van der Waals surface area contributed by atoms with Crippen molar-refractivity contribution in [1.29, 1.82) is 0 Å². The Kier molecular flexibility index (Phi) is 3.47. The number of hydrogen-bond donors (Lipinski definition) is 0. The Morgan fingerprint density at radius 1 is 1.25 bits per heavy atom. The smallest absolute Gasteiger partial charge is 0.190 e. The van der Waals surface area contributed by atoms with Crippen molar-refractivity contribution in [2.75, 3.05) is 0 Å². The standard InChI is InChI=1S/C13H10Cl2O/c14-10-6-7-12(15)11(8-10)13(16)9-4-2-1-3-5-9/h1-7,10H,8H2. The minimum Gasteiger partial charge on any atom is -0.289 e. The highest BCUT2D eigenvalue weighted by molar-refractivity contribution is 6.35. The lowest BCUT2D eigenvalue weighted by molar-refractivity contribution is 0.103. The molecule has 82 valence electrons. The quantitative estimate of drug-likeness (QED) is 0.576. The van der Waals surface area contributed by atoms with Crippen LogP contribution in [0.2, 0.25) is 0 Å². The van der Waals surface area contributed by atoms with Gasteiger partial charge in [-0.25, -0.2) is 0 Å². The molecule has 0 heterocycles. The van der Waals surface area contributed by atoms with Crippen LogP contribution in [0.3, 0.4) is 0 Å². The third-order valence-electron chi connectivity index (χ3n) is 2.45. The summed E-state index contributed by atoms with van der Waals surface area (Å²) in [6.07, 6.45) is 3.98. The number of carbonyl (C=O) groups is 1. The molecule has 1 aromatic rings. The van der Waals surface area contributed by atoms with Crippen LogP contribution in [-0.4, -0.2) is 11.2 Å². The number of halogens is 2. The van der Waals surface area contributed by atoms with E-state index in [1.165, 1.54) is 0 Å². The molecule has 1 aromatic carbocycles. The number of Topliss-reactive ketones (excluding diaryl/α,β-unsaturated/α-hetero) is 1. The first kappa shape index (κ1) is 11.4. The lowest BCUT2D eigenvalue weighted by Crippen LogP contribution is -2.11. The van der Waals surface area contributed by atoms with Gasteiger partial charge in [0.15, 0.2) is 5.78 Å². The Labute approximate surface area is 104 Å². The van der Waals surface area contributed by atoms with E-state index in [0.29, 0.717) is 22.6 Å². The number of ketones is 1. The van der Waals surface area contributed by atoms with E-state index in [1.54, 1.807) is 24.3 Å². The van der Waals surface area contributed by atoms with Crippen molar-refractivity contribution in [3.05, 3.63) is 58.7 Å². The molecule has 1 atom stereocenters. The van der Waals surface area contributed by atoms with Gasteiger partial charge in [0.05, 0.1) is 5.38 Å². The van der Waals surface area contributed by atoms with Crippen LogP contribution >= 0.6 is 23.2 Å². The molecule has 1 nitrogen and oxygen atoms in total. The van der Waals surface area contributed by atoms with E-state index in [1.807, 2.05) is 18.2 Å². The Bertz CT molecular complexity index is 460. The first-order valence-corrected chi connectivity index (χ1v) is 5.80. The fourth-order valence-electron chi connectivity index (χ4n) is 1.61. The summed E-state index contributed by atoms with van der Waals surface area (Å²) >= 11 is 12.0. The zero-order valence-electron chi connectivity index (χ0n) is 8.49. The summed E-state index contributed by atoms with van der Waals surface area (Å²) in [5.74, 6) is -0.0411. The Morgan fingerprint density at radius 3 is 2.62 bits per heavy atom. The molecule has 16 heavy (non-hydrogen) atoms. The summed E-state index contributed by atoms with van der Waals surface area (Å²) in [7, 11) is 0. The fourth-order valence-corrected chi connectivity index (χ4v) is 2.08. The fraction of sp³-hybridized carbons (Fsp3) is 0.154. The zero-order chi connectivity index (χ0) is 11.5. The molecular weight excluding hydrogens is 243 g/mol. The van der Waals surface area contributed by atoms with Crippen molar-refractivity contribution >= 4 is 29.0 Å². The highest BCUT2D eigenvalue weighted by atomic mass is 35.5. The normalized spacial score (nSPS) is 20.0. The van der Waals surface area contributed by atoms with E-state index < -0.39 is 0 Å². The van der Waals surface area contributed by atoms with Gasteiger partial charge in [-0.05, 0) is 12.5 Å². The summed E-state index contributed by atoms with van der Waals surface area (Å²) in [4.78, 5) is 12.1. The van der Waals surface area contributed by atoms with Crippen LogP contribution < -0.4 is 0 Å². The number of carbonyl (C=O) groups excluding carboxylic acids is 1. The minimum atomic E-state index is -0.148. The van der Waals surface area contributed by atoms with E-state index in [9.17, 15) is 4.79 Å². The van der Waals surface area contributed by atoms with Gasteiger partial charge in [0.2, 0.25) is 0 Å². The summed E-state index contributed by atoms with van der Waals surface area (Å²) in [6, 6.07) is 9.09. The molecule has 0 spiro atoms. The maximum absolute atomic E-state index is 12.1. The second-order valence-electron chi connectivity index (χ2n) is 3.60. The van der Waals surface area contributed by atoms with Gasteiger partial charge < -0.3 is 0 Å². The van der Waals surface area contributed by atoms with Crippen LogP contribution in [0.4, 0.5) is 0 Å². The predicted octanol–water partition coefficient (Wildman–Crippen LogP) is 3.93. The Morgan fingerprint density at radius 2 is 1.94 bits per heavy atom. The highest BCUT2D eigenvalue weighted by Crippen LogP contribution is 2.27. The first-order chi connectivity index (χ1) is 7.68. The molecule has 1 unspecified atom stereocenters. The van der Waals surface area contributed by atoms with Crippen LogP contribution in [0.1, 0.15) is 16.8 Å². The first-order valence-electron chi connectivity index (χ1n) is 4.99. The van der Waals surface area contributed by atoms with Crippen molar-refractivity contribution in [2.24, 2.45) is 0 Å². The molecule has 0 fully saturated rings. The van der Waals surface area contributed by atoms with Crippen LogP contribution in [-0.2, 0) is 0 Å². The second-order valence-corrected chi connectivity index (χ2v) is 4.57. The molecule has 1 aliphatic carbocycles. The SMILES string of the molecule is O=C(C1=C(Cl)C=CC(Cl)C1)c1ccccc1. The van der Waals surface area contributed by atoms with Crippen molar-refractivity contribution in [1.82, 2.24) is 0 Å². The zero-order valence-corrected chi connectivity index (χ0v) is 10.0. The van der Waals surface area contributed by atoms with Gasteiger partial charge in [-0.3, -0.25) is 4.79 Å². The molecule has 0 N–H and O–H groups in total. The van der Waals surface area contributed by atoms with E-state index in [-0.39, 0.29) is 11.2 Å². The van der Waals surface area contributed by atoms with Gasteiger partial charge in [-0.1, -0.05) is 48.0 Å². The lowest BCUT2D eigenvalue weighted by atomic mass is 9.96. The van der Waals surface area contributed by atoms with Crippen LogP contribution in [0, 0.1) is 0 Å². The molecule has 0 aromatic heterocycles. The molecule has 0 amide bonds. The third kappa shape index (κ3) is 2.37. The predicted molar refractivity (Wildman–Crippen MR) is 67.0 cm³/mol. The second kappa shape index (κ2) is 4.86. The van der Waals surface area contributed by atoms with Crippen molar-refractivity contribution in [2.45, 2.75) is 11.8 Å². The van der Waals surface area contributed by atoms with Gasteiger partial charge in [0.1, 0.15) is 0 Å². The monoisotopic (exact) mass is 252 g/mol. The maximum atomic E-state index is 12.1. The van der Waals surface area contributed by atoms with Crippen LogP contribution in [0.15, 0.2) is 53.1 Å². The van der Waals surface area contributed by atoms with Crippen LogP contribution in [0.25, 0.3) is 0 Å². The lowest BCUT2D eigenvalue weighted by Gasteiger charge is -2.14. The molecular formula is C13H10Cl2O. The van der Waals surface area contributed by atoms with Gasteiger partial charge >= 0.3 is 0 Å². The molecule has 0 saturated carbocycles. The number of alkyl halides is 1. The van der Waals surface area contributed by atoms with Crippen LogP contribution in [0.5, 0.6) is 0 Å². The average Bonchev–Trinajstić information content (AvgIpc) is 2.32. The molecule has 0 aliphatic heterocycles. The number of rotatable bonds is 2. The molecule has 1 aliphatic rings. The van der Waals surface area contributed by atoms with E-state index >= 15 is 0 Å². The van der Waals surface area contributed by atoms with Gasteiger partial charge in [0, 0.05) is 16.2 Å². The number of hydrogen-bond acceptors (Lipinski definition) is 1. The Balaban J connectivity index is 2.32. The van der Waals surface area contributed by atoms with Gasteiger partial charge in [-0.15, -0.1) is 11.6 Å². The molecule has 0 radical (unpaired) electrons. The van der Waals surface area contributed by atoms with Crippen molar-refractivity contribution in [3.63, 3.8) is 0 Å². The van der Waals surface area contributed by atoms with Gasteiger partial charge in [0.25, 0.3) is 0 Å². The summed E-state index contributed by atoms with van der Waals surface area (Å²) in [5, 5.41) is 0.343. The third-order valence-corrected chi connectivity index (χ3v) is 3.10. The van der Waals surface area contributed by atoms with E-state index in [2.05, 4.69) is 0 Å². The molecule has 2 rings (SSSR count). The Hall–Kier alpha value is -1.05. The number of benzene rings is 1. The number of allylic oxidation sites excluding steroid dienone is 4.